The lowest BCUT2D eigenvalue weighted by Gasteiger charge is -2.47. The molecule has 0 aliphatic carbocycles. The number of benzene rings is 1. The van der Waals surface area contributed by atoms with Crippen LogP contribution in [0.5, 0.6) is 0 Å². The van der Waals surface area contributed by atoms with Gasteiger partial charge in [0.2, 0.25) is 21.1 Å². The van der Waals surface area contributed by atoms with Crippen molar-refractivity contribution in [1.29, 1.82) is 0 Å². The summed E-state index contributed by atoms with van der Waals surface area (Å²) in [6.07, 6.45) is 1.87. The maximum Gasteiger partial charge on any atom is 0.210 e. The molecule has 11 nitrogen and oxygen atoms in total. The van der Waals surface area contributed by atoms with Crippen LogP contribution in [-0.2, 0) is 37.3 Å². The molecule has 302 valence electrons. The molecule has 10 atom stereocenters. The van der Waals surface area contributed by atoms with Crippen molar-refractivity contribution in [3.8, 4) is 0 Å². The van der Waals surface area contributed by atoms with Gasteiger partial charge in [-0.1, -0.05) is 35.3 Å². The Morgan fingerprint density at radius 3 is 2.13 bits per heavy atom. The predicted molar refractivity (Wildman–Crippen MR) is 219 cm³/mol. The van der Waals surface area contributed by atoms with Gasteiger partial charge in [0.15, 0.2) is 36.8 Å². The monoisotopic (exact) mass is 820 g/mol. The van der Waals surface area contributed by atoms with Gasteiger partial charge in [-0.2, -0.15) is 0 Å². The van der Waals surface area contributed by atoms with Crippen LogP contribution in [0.3, 0.4) is 0 Å². The molecule has 0 N–H and O–H groups in total. The van der Waals surface area contributed by atoms with Gasteiger partial charge in [0.05, 0.1) is 47.7 Å². The lowest BCUT2D eigenvalue weighted by Crippen LogP contribution is -2.58. The second-order valence-corrected chi connectivity index (χ2v) is 33.9. The molecule has 1 aromatic heterocycles. The highest BCUT2D eigenvalue weighted by atomic mass is 32.2. The Kier molecular flexibility index (Phi) is 13.2. The molecule has 0 spiro atoms. The molecule has 2 saturated heterocycles. The molecule has 2 unspecified atom stereocenters. The third-order valence-corrected chi connectivity index (χ3v) is 14.8. The molecular weight excluding hydrogens is 757 g/mol. The first kappa shape index (κ1) is 43.2. The van der Waals surface area contributed by atoms with E-state index in [1.54, 1.807) is 37.3 Å². The van der Waals surface area contributed by atoms with E-state index in [2.05, 4.69) is 82.9 Å². The van der Waals surface area contributed by atoms with Gasteiger partial charge in [0.1, 0.15) is 0 Å². The fraction of sp³-hybridized carbons (Fsp3) is 0.692. The Morgan fingerprint density at radius 2 is 1.56 bits per heavy atom. The van der Waals surface area contributed by atoms with E-state index >= 15 is 0 Å². The summed E-state index contributed by atoms with van der Waals surface area (Å²) in [5.74, 6) is 0.924. The summed E-state index contributed by atoms with van der Waals surface area (Å²) in [5.41, 5.74) is 2.51. The molecule has 0 bridgehead atoms. The third kappa shape index (κ3) is 11.3. The van der Waals surface area contributed by atoms with E-state index < -0.39 is 46.3 Å². The highest BCUT2D eigenvalue weighted by Gasteiger charge is 2.52. The molecule has 15 heteroatoms. The average molecular weight is 821 g/mol. The summed E-state index contributed by atoms with van der Waals surface area (Å²) < 4.78 is 73.1. The molecular formula is C39H64N2O9SSi3. The Hall–Kier alpha value is -1.96. The fourth-order valence-corrected chi connectivity index (χ4v) is 12.5. The molecule has 2 aromatic rings. The van der Waals surface area contributed by atoms with Crippen LogP contribution < -0.4 is 0 Å². The number of aromatic nitrogens is 1. The van der Waals surface area contributed by atoms with Crippen LogP contribution in [0.1, 0.15) is 56.7 Å². The minimum Gasteiger partial charge on any atom is -0.463 e. The largest absolute Gasteiger partial charge is 0.463 e. The van der Waals surface area contributed by atoms with Crippen molar-refractivity contribution in [3.05, 3.63) is 59.0 Å². The number of hydrogen-bond acceptors (Lipinski definition) is 11. The third-order valence-electron chi connectivity index (χ3n) is 9.86. The molecule has 5 rings (SSSR count). The summed E-state index contributed by atoms with van der Waals surface area (Å²) in [5, 5.41) is 2.75. The summed E-state index contributed by atoms with van der Waals surface area (Å²) >= 11 is 0. The maximum absolute atomic E-state index is 13.9. The molecule has 0 saturated carbocycles. The lowest BCUT2D eigenvalue weighted by atomic mass is 9.85. The molecule has 2 fully saturated rings. The first-order valence-electron chi connectivity index (χ1n) is 19.4. The standard InChI is InChI=1S/C39H64N2O9SSi3/c1-24-15-17-30(18-16-24)51(42,43)39-38(33-21-26(3)41-47-33)46-34(40-39)20-25(2)19-31-37(50-54(12,13)14)36(49-53(9,10)11)29(23-44-31)22-32-35(45-32)27(4)28(5)48-52(6,7)8/h15-18,20-21,27-29,31-32,35-39H,19,22-23H2,1-14H3/b25-20+/t27-,28-,29-,31-,32-,35-,36+,37-,38?,39?/m0/s1. The first-order valence-corrected chi connectivity index (χ1v) is 31.1. The van der Waals surface area contributed by atoms with Crippen LogP contribution in [0.15, 0.2) is 56.4 Å². The highest BCUT2D eigenvalue weighted by molar-refractivity contribution is 7.92. The van der Waals surface area contributed by atoms with E-state index in [1.807, 2.05) is 19.9 Å². The van der Waals surface area contributed by atoms with Gasteiger partial charge in [-0.15, -0.1) is 0 Å². The van der Waals surface area contributed by atoms with E-state index in [4.69, 9.17) is 32.0 Å². The Labute approximate surface area is 326 Å². The number of aliphatic imine (C=N–C) groups is 1. The summed E-state index contributed by atoms with van der Waals surface area (Å²) in [6.45, 7) is 30.6. The molecule has 4 heterocycles. The van der Waals surface area contributed by atoms with Crippen LogP contribution in [0, 0.1) is 25.7 Å². The quantitative estimate of drug-likeness (QED) is 0.120. The summed E-state index contributed by atoms with van der Waals surface area (Å²) in [7, 11) is -9.67. The van der Waals surface area contributed by atoms with E-state index in [0.717, 1.165) is 17.6 Å². The number of aryl methyl sites for hydroxylation is 2. The fourth-order valence-electron chi connectivity index (χ4n) is 7.34. The van der Waals surface area contributed by atoms with Crippen molar-refractivity contribution >= 4 is 40.7 Å². The molecule has 3 aliphatic heterocycles. The molecule has 1 aromatic carbocycles. The zero-order valence-electron chi connectivity index (χ0n) is 34.8. The number of epoxide rings is 1. The van der Waals surface area contributed by atoms with Crippen LogP contribution in [-0.4, -0.2) is 93.0 Å². The first-order chi connectivity index (χ1) is 24.9. The van der Waals surface area contributed by atoms with Crippen molar-refractivity contribution in [2.75, 3.05) is 6.61 Å². The minimum absolute atomic E-state index is 0.107. The molecule has 0 amide bonds. The van der Waals surface area contributed by atoms with Crippen LogP contribution >= 0.6 is 0 Å². The van der Waals surface area contributed by atoms with Gasteiger partial charge in [-0.3, -0.25) is 0 Å². The number of rotatable bonds is 16. The topological polar surface area (TPSA) is 131 Å². The van der Waals surface area contributed by atoms with Gasteiger partial charge in [-0.25, -0.2) is 13.4 Å². The van der Waals surface area contributed by atoms with Gasteiger partial charge in [0, 0.05) is 24.0 Å². The van der Waals surface area contributed by atoms with E-state index in [1.165, 1.54) is 0 Å². The maximum atomic E-state index is 13.9. The Morgan fingerprint density at radius 1 is 0.926 bits per heavy atom. The minimum atomic E-state index is -3.92. The van der Waals surface area contributed by atoms with Crippen LogP contribution in [0.4, 0.5) is 0 Å². The number of sulfone groups is 1. The molecule has 0 radical (unpaired) electrons. The summed E-state index contributed by atoms with van der Waals surface area (Å²) in [4.78, 5) is 4.81. The van der Waals surface area contributed by atoms with Crippen molar-refractivity contribution in [2.45, 2.75) is 159 Å². The lowest BCUT2D eigenvalue weighted by molar-refractivity contribution is -0.152. The second kappa shape index (κ2) is 16.5. The van der Waals surface area contributed by atoms with Gasteiger partial charge in [0.25, 0.3) is 0 Å². The molecule has 3 aliphatic rings. The predicted octanol–water partition coefficient (Wildman–Crippen LogP) is 8.39. The SMILES string of the molecule is C/C(=C\C1=NC(S(=O)(=O)c2ccc(C)cc2)C(c2cc(C)no2)O1)C[C@@H]1OC[C@H](C[C@@H]2O[C@H]2[C@@H](C)[C@H](C)O[Si](C)(C)C)[C@@H](O[Si](C)(C)C)[C@H]1O[Si](C)(C)C. The number of nitrogens with zero attached hydrogens (tertiary/aromatic N) is 2. The van der Waals surface area contributed by atoms with Crippen molar-refractivity contribution in [2.24, 2.45) is 16.8 Å². The Bertz CT molecular complexity index is 1760. The van der Waals surface area contributed by atoms with Gasteiger partial charge in [-0.05, 0) is 118 Å². The summed E-state index contributed by atoms with van der Waals surface area (Å²) in [6, 6.07) is 8.45. The van der Waals surface area contributed by atoms with Crippen LogP contribution in [0.25, 0.3) is 0 Å². The normalized spacial score (nSPS) is 29.4. The molecule has 54 heavy (non-hydrogen) atoms. The zero-order valence-corrected chi connectivity index (χ0v) is 38.7. The van der Waals surface area contributed by atoms with E-state index in [9.17, 15) is 8.42 Å². The zero-order chi connectivity index (χ0) is 40.0. The number of hydrogen-bond donors (Lipinski definition) is 0. The van der Waals surface area contributed by atoms with Gasteiger partial charge >= 0.3 is 0 Å². The van der Waals surface area contributed by atoms with Gasteiger partial charge < -0.3 is 32.0 Å². The van der Waals surface area contributed by atoms with Crippen LogP contribution in [0.2, 0.25) is 58.9 Å². The van der Waals surface area contributed by atoms with E-state index in [0.29, 0.717) is 24.5 Å². The smallest absolute Gasteiger partial charge is 0.210 e. The average Bonchev–Trinajstić information content (AvgIpc) is 3.43. The van der Waals surface area contributed by atoms with Crippen molar-refractivity contribution in [1.82, 2.24) is 5.16 Å². The second-order valence-electron chi connectivity index (χ2n) is 18.5. The van der Waals surface area contributed by atoms with Crippen molar-refractivity contribution < 1.29 is 40.4 Å². The van der Waals surface area contributed by atoms with E-state index in [-0.39, 0.29) is 59.3 Å². The highest BCUT2D eigenvalue weighted by Crippen LogP contribution is 2.42. The Balaban J connectivity index is 1.37. The number of ether oxygens (including phenoxy) is 3. The van der Waals surface area contributed by atoms with Crippen molar-refractivity contribution in [3.63, 3.8) is 0 Å².